The number of nitrogens with zero attached hydrogens (tertiary/aromatic N) is 3. The van der Waals surface area contributed by atoms with Crippen LogP contribution < -0.4 is 4.90 Å². The van der Waals surface area contributed by atoms with E-state index in [2.05, 4.69) is 14.9 Å². The Morgan fingerprint density at radius 2 is 2.10 bits per heavy atom. The summed E-state index contributed by atoms with van der Waals surface area (Å²) in [6, 6.07) is 0.244. The van der Waals surface area contributed by atoms with Gasteiger partial charge >= 0.3 is 0 Å². The van der Waals surface area contributed by atoms with Gasteiger partial charge in [0, 0.05) is 13.2 Å². The first-order chi connectivity index (χ1) is 10.3. The SMILES string of the molecule is Fc1cnc(N2C[C@@H](OCC3CC3)[C@H]3OCCC[C@H]32)nc1. The molecule has 1 saturated carbocycles. The molecule has 3 aliphatic rings. The largest absolute Gasteiger partial charge is 0.373 e. The van der Waals surface area contributed by atoms with Crippen molar-refractivity contribution in [1.29, 1.82) is 0 Å². The summed E-state index contributed by atoms with van der Waals surface area (Å²) in [5.74, 6) is 0.911. The number of aromatic nitrogens is 2. The van der Waals surface area contributed by atoms with Crippen LogP contribution in [-0.4, -0.2) is 48.0 Å². The molecule has 0 unspecified atom stereocenters. The maximum atomic E-state index is 13.0. The Bertz CT molecular complexity index is 494. The van der Waals surface area contributed by atoms with Crippen LogP contribution in [0.3, 0.4) is 0 Å². The first-order valence-electron chi connectivity index (χ1n) is 7.78. The quantitative estimate of drug-likeness (QED) is 0.847. The first kappa shape index (κ1) is 13.4. The molecule has 0 radical (unpaired) electrons. The molecular formula is C15H20FN3O2. The predicted octanol–water partition coefficient (Wildman–Crippen LogP) is 1.78. The highest BCUT2D eigenvalue weighted by atomic mass is 19.1. The number of rotatable bonds is 4. The van der Waals surface area contributed by atoms with E-state index in [1.165, 1.54) is 25.2 Å². The smallest absolute Gasteiger partial charge is 0.225 e. The van der Waals surface area contributed by atoms with Gasteiger partial charge in [-0.05, 0) is 31.6 Å². The number of fused-ring (bicyclic) bond motifs is 1. The summed E-state index contributed by atoms with van der Waals surface area (Å²) in [7, 11) is 0. The van der Waals surface area contributed by atoms with Gasteiger partial charge in [0.05, 0.1) is 25.0 Å². The van der Waals surface area contributed by atoms with Crippen LogP contribution in [0.15, 0.2) is 12.4 Å². The Labute approximate surface area is 123 Å². The summed E-state index contributed by atoms with van der Waals surface area (Å²) < 4.78 is 25.0. The van der Waals surface area contributed by atoms with Crippen LogP contribution in [0.4, 0.5) is 10.3 Å². The lowest BCUT2D eigenvalue weighted by Gasteiger charge is -2.32. The zero-order chi connectivity index (χ0) is 14.2. The topological polar surface area (TPSA) is 47.5 Å². The molecule has 5 nitrogen and oxygen atoms in total. The molecule has 3 heterocycles. The Hall–Kier alpha value is -1.27. The van der Waals surface area contributed by atoms with E-state index in [1.54, 1.807) is 0 Å². The molecule has 3 fully saturated rings. The molecule has 2 aliphatic heterocycles. The lowest BCUT2D eigenvalue weighted by Crippen LogP contribution is -2.42. The maximum absolute atomic E-state index is 13.0. The predicted molar refractivity (Wildman–Crippen MR) is 74.6 cm³/mol. The number of hydrogen-bond donors (Lipinski definition) is 0. The molecule has 4 rings (SSSR count). The molecule has 21 heavy (non-hydrogen) atoms. The van der Waals surface area contributed by atoms with Gasteiger partial charge in [0.2, 0.25) is 5.95 Å². The number of halogens is 1. The van der Waals surface area contributed by atoms with Gasteiger partial charge < -0.3 is 14.4 Å². The fourth-order valence-electron chi connectivity index (χ4n) is 3.28. The van der Waals surface area contributed by atoms with Crippen molar-refractivity contribution in [3.05, 3.63) is 18.2 Å². The molecule has 0 aromatic carbocycles. The van der Waals surface area contributed by atoms with Gasteiger partial charge in [-0.2, -0.15) is 0 Å². The summed E-state index contributed by atoms with van der Waals surface area (Å²) >= 11 is 0. The van der Waals surface area contributed by atoms with E-state index in [-0.39, 0.29) is 18.2 Å². The normalized spacial score (nSPS) is 32.2. The fraction of sp³-hybridized carbons (Fsp3) is 0.733. The van der Waals surface area contributed by atoms with Gasteiger partial charge in [-0.3, -0.25) is 0 Å². The van der Waals surface area contributed by atoms with Crippen molar-refractivity contribution in [2.45, 2.75) is 43.9 Å². The van der Waals surface area contributed by atoms with E-state index >= 15 is 0 Å². The van der Waals surface area contributed by atoms with Crippen molar-refractivity contribution >= 4 is 5.95 Å². The van der Waals surface area contributed by atoms with Crippen LogP contribution in [0.5, 0.6) is 0 Å². The van der Waals surface area contributed by atoms with Gasteiger partial charge in [-0.25, -0.2) is 14.4 Å². The second-order valence-corrected chi connectivity index (χ2v) is 6.21. The molecule has 1 aromatic heterocycles. The van der Waals surface area contributed by atoms with Crippen molar-refractivity contribution in [1.82, 2.24) is 9.97 Å². The lowest BCUT2D eigenvalue weighted by atomic mass is 10.0. The minimum absolute atomic E-state index is 0.0737. The molecule has 1 aromatic rings. The maximum Gasteiger partial charge on any atom is 0.225 e. The molecule has 1 aliphatic carbocycles. The molecule has 2 saturated heterocycles. The third kappa shape index (κ3) is 2.74. The third-order valence-corrected chi connectivity index (χ3v) is 4.58. The molecular weight excluding hydrogens is 273 g/mol. The average molecular weight is 293 g/mol. The van der Waals surface area contributed by atoms with E-state index in [1.807, 2.05) is 0 Å². The monoisotopic (exact) mass is 293 g/mol. The van der Waals surface area contributed by atoms with E-state index in [4.69, 9.17) is 9.47 Å². The highest BCUT2D eigenvalue weighted by molar-refractivity contribution is 5.35. The van der Waals surface area contributed by atoms with E-state index in [9.17, 15) is 4.39 Å². The number of ether oxygens (including phenoxy) is 2. The Morgan fingerprint density at radius 3 is 2.86 bits per heavy atom. The van der Waals surface area contributed by atoms with Gasteiger partial charge in [0.25, 0.3) is 0 Å². The molecule has 0 N–H and O–H groups in total. The second kappa shape index (κ2) is 5.50. The van der Waals surface area contributed by atoms with Crippen molar-refractivity contribution in [3.8, 4) is 0 Å². The van der Waals surface area contributed by atoms with Crippen LogP contribution in [-0.2, 0) is 9.47 Å². The van der Waals surface area contributed by atoms with Crippen molar-refractivity contribution in [3.63, 3.8) is 0 Å². The van der Waals surface area contributed by atoms with Gasteiger partial charge in [0.15, 0.2) is 5.82 Å². The van der Waals surface area contributed by atoms with Crippen LogP contribution >= 0.6 is 0 Å². The average Bonchev–Trinajstić information content (AvgIpc) is 3.27. The molecule has 0 bridgehead atoms. The molecule has 3 atom stereocenters. The van der Waals surface area contributed by atoms with Crippen molar-refractivity contribution < 1.29 is 13.9 Å². The Morgan fingerprint density at radius 1 is 1.29 bits per heavy atom. The van der Waals surface area contributed by atoms with Crippen molar-refractivity contribution in [2.24, 2.45) is 5.92 Å². The zero-order valence-corrected chi connectivity index (χ0v) is 11.9. The van der Waals surface area contributed by atoms with Crippen LogP contribution in [0.2, 0.25) is 0 Å². The summed E-state index contributed by atoms with van der Waals surface area (Å²) in [4.78, 5) is 10.4. The molecule has 0 spiro atoms. The second-order valence-electron chi connectivity index (χ2n) is 6.21. The Balaban J connectivity index is 1.51. The van der Waals surface area contributed by atoms with Crippen LogP contribution in [0.1, 0.15) is 25.7 Å². The van der Waals surface area contributed by atoms with Gasteiger partial charge in [-0.1, -0.05) is 0 Å². The van der Waals surface area contributed by atoms with E-state index in [0.29, 0.717) is 5.95 Å². The third-order valence-electron chi connectivity index (χ3n) is 4.58. The van der Waals surface area contributed by atoms with E-state index in [0.717, 1.165) is 38.5 Å². The van der Waals surface area contributed by atoms with Crippen LogP contribution in [0.25, 0.3) is 0 Å². The highest BCUT2D eigenvalue weighted by Crippen LogP contribution is 2.35. The molecule has 114 valence electrons. The standard InChI is InChI=1S/C15H20FN3O2/c16-11-6-17-15(18-7-11)19-8-13(21-9-10-3-4-10)14-12(19)2-1-5-20-14/h6-7,10,12-14H,1-5,8-9H2/t12-,13-,14+/m1/s1. The summed E-state index contributed by atoms with van der Waals surface area (Å²) in [5.41, 5.74) is 0. The molecule has 0 amide bonds. The van der Waals surface area contributed by atoms with E-state index < -0.39 is 5.82 Å². The van der Waals surface area contributed by atoms with Crippen molar-refractivity contribution in [2.75, 3.05) is 24.7 Å². The zero-order valence-electron chi connectivity index (χ0n) is 11.9. The van der Waals surface area contributed by atoms with Crippen LogP contribution in [0, 0.1) is 11.7 Å². The van der Waals surface area contributed by atoms with Gasteiger partial charge in [0.1, 0.15) is 12.2 Å². The van der Waals surface area contributed by atoms with Gasteiger partial charge in [-0.15, -0.1) is 0 Å². The molecule has 6 heteroatoms. The fourth-order valence-corrected chi connectivity index (χ4v) is 3.28. The highest BCUT2D eigenvalue weighted by Gasteiger charge is 2.46. The Kier molecular flexibility index (Phi) is 3.51. The minimum atomic E-state index is -0.407. The summed E-state index contributed by atoms with van der Waals surface area (Å²) in [5, 5.41) is 0. The summed E-state index contributed by atoms with van der Waals surface area (Å²) in [6.45, 7) is 2.35. The summed E-state index contributed by atoms with van der Waals surface area (Å²) in [6.07, 6.45) is 7.26. The number of hydrogen-bond acceptors (Lipinski definition) is 5. The lowest BCUT2D eigenvalue weighted by molar-refractivity contribution is -0.0753. The first-order valence-corrected chi connectivity index (χ1v) is 7.78. The number of anilines is 1. The minimum Gasteiger partial charge on any atom is -0.373 e.